The molecule has 0 unspecified atom stereocenters. The summed E-state index contributed by atoms with van der Waals surface area (Å²) in [6.07, 6.45) is 0.465. The molecule has 0 aliphatic rings. The molecule has 0 N–H and O–H groups in total. The molecule has 0 heterocycles. The Labute approximate surface area is 232 Å². The Morgan fingerprint density at radius 3 is 1.84 bits per heavy atom. The topological polar surface area (TPSA) is 63.2 Å². The van der Waals surface area contributed by atoms with Crippen LogP contribution in [-0.2, 0) is 27.9 Å². The molecule has 6 nitrogen and oxygen atoms in total. The molecule has 3 atom stereocenters. The van der Waals surface area contributed by atoms with Crippen molar-refractivity contribution in [1.82, 2.24) is 0 Å². The molecule has 0 fully saturated rings. The summed E-state index contributed by atoms with van der Waals surface area (Å²) >= 11 is 0. The average Bonchev–Trinajstić information content (AvgIpc) is 2.69. The number of ether oxygens (including phenoxy) is 3. The van der Waals surface area contributed by atoms with Crippen molar-refractivity contribution in [2.24, 2.45) is 0 Å². The lowest BCUT2D eigenvalue weighted by Crippen LogP contribution is -2.49. The van der Waals surface area contributed by atoms with Crippen molar-refractivity contribution in [2.45, 2.75) is 142 Å². The van der Waals surface area contributed by atoms with Crippen molar-refractivity contribution in [3.8, 4) is 11.8 Å². The van der Waals surface area contributed by atoms with Crippen molar-refractivity contribution >= 4 is 30.7 Å². The summed E-state index contributed by atoms with van der Waals surface area (Å²) < 4.78 is 30.5. The molecular formula is C28H58O6Si3. The molecule has 0 amide bonds. The van der Waals surface area contributed by atoms with Crippen molar-refractivity contribution in [1.29, 1.82) is 0 Å². The Bertz CT molecular complexity index is 751. The van der Waals surface area contributed by atoms with Gasteiger partial charge in [-0.25, -0.2) is 4.79 Å². The molecule has 9 heteroatoms. The molecular weight excluding hydrogens is 517 g/mol. The SMILES string of the molecule is COC(=O)C#CC[C@@H](C[C@@H](OCOCC[Si](C)(C)C)[C@@H](C)O[Si](C)(C)C(C)(C)C)O[Si](C)(C)C(C)(C)C. The summed E-state index contributed by atoms with van der Waals surface area (Å²) in [7, 11) is -3.95. The third-order valence-electron chi connectivity index (χ3n) is 7.64. The minimum absolute atomic E-state index is 0.0423. The van der Waals surface area contributed by atoms with Crippen LogP contribution in [0.5, 0.6) is 0 Å². The van der Waals surface area contributed by atoms with Gasteiger partial charge < -0.3 is 23.1 Å². The van der Waals surface area contributed by atoms with Gasteiger partial charge in [0, 0.05) is 33.4 Å². The van der Waals surface area contributed by atoms with Crippen molar-refractivity contribution in [2.75, 3.05) is 20.5 Å². The summed E-state index contributed by atoms with van der Waals surface area (Å²) in [6, 6.07) is 1.09. The van der Waals surface area contributed by atoms with E-state index in [0.29, 0.717) is 19.4 Å². The maximum atomic E-state index is 11.6. The van der Waals surface area contributed by atoms with Gasteiger partial charge in [-0.2, -0.15) is 0 Å². The minimum atomic E-state index is -2.10. The van der Waals surface area contributed by atoms with Crippen LogP contribution in [-0.4, -0.2) is 69.5 Å². The second-order valence-electron chi connectivity index (χ2n) is 14.4. The molecule has 0 radical (unpaired) electrons. The molecule has 0 aromatic heterocycles. The van der Waals surface area contributed by atoms with Crippen molar-refractivity contribution in [3.05, 3.63) is 0 Å². The molecule has 0 saturated heterocycles. The summed E-state index contributed by atoms with van der Waals surface area (Å²) in [5, 5.41) is 0.128. The highest BCUT2D eigenvalue weighted by Crippen LogP contribution is 2.40. The van der Waals surface area contributed by atoms with Crippen LogP contribution in [0.1, 0.15) is 61.3 Å². The number of methoxy groups -OCH3 is 1. The first-order valence-corrected chi connectivity index (χ1v) is 23.2. The van der Waals surface area contributed by atoms with Crippen molar-refractivity contribution in [3.63, 3.8) is 0 Å². The third-order valence-corrected chi connectivity index (χ3v) is 18.5. The maximum absolute atomic E-state index is 11.6. The lowest BCUT2D eigenvalue weighted by Gasteiger charge is -2.42. The molecule has 0 aliphatic carbocycles. The van der Waals surface area contributed by atoms with E-state index in [4.69, 9.17) is 23.1 Å². The zero-order valence-electron chi connectivity index (χ0n) is 26.7. The van der Waals surface area contributed by atoms with Crippen LogP contribution in [0.15, 0.2) is 0 Å². The molecule has 0 bridgehead atoms. The Balaban J connectivity index is 5.85. The molecule has 0 saturated carbocycles. The molecule has 37 heavy (non-hydrogen) atoms. The van der Waals surface area contributed by atoms with Crippen LogP contribution in [0, 0.1) is 11.8 Å². The van der Waals surface area contributed by atoms with Crippen LogP contribution in [0.2, 0.25) is 61.9 Å². The highest BCUT2D eigenvalue weighted by atomic mass is 28.4. The van der Waals surface area contributed by atoms with E-state index in [1.807, 2.05) is 0 Å². The molecule has 218 valence electrons. The lowest BCUT2D eigenvalue weighted by molar-refractivity contribution is -0.133. The van der Waals surface area contributed by atoms with Gasteiger partial charge in [0.1, 0.15) is 6.79 Å². The van der Waals surface area contributed by atoms with Crippen LogP contribution >= 0.6 is 0 Å². The highest BCUT2D eigenvalue weighted by molar-refractivity contribution is 6.76. The molecule has 0 aromatic carbocycles. The first-order valence-electron chi connectivity index (χ1n) is 13.6. The highest BCUT2D eigenvalue weighted by Gasteiger charge is 2.42. The van der Waals surface area contributed by atoms with Gasteiger partial charge in [-0.15, -0.1) is 0 Å². The van der Waals surface area contributed by atoms with E-state index in [-0.39, 0.29) is 35.2 Å². The molecule has 0 aliphatic heterocycles. The lowest BCUT2D eigenvalue weighted by atomic mass is 10.1. The van der Waals surface area contributed by atoms with Gasteiger partial charge in [-0.3, -0.25) is 0 Å². The number of rotatable bonds is 14. The predicted molar refractivity (Wildman–Crippen MR) is 163 cm³/mol. The summed E-state index contributed by atoms with van der Waals surface area (Å²) in [5.74, 6) is 5.00. The maximum Gasteiger partial charge on any atom is 0.384 e. The van der Waals surface area contributed by atoms with Crippen molar-refractivity contribution < 1.29 is 27.9 Å². The van der Waals surface area contributed by atoms with E-state index in [1.54, 1.807) is 0 Å². The Morgan fingerprint density at radius 2 is 1.38 bits per heavy atom. The standard InChI is InChI=1S/C28H58O6Si3/c1-23(33-36(12,13)27(2,3)4)25(32-22-31-19-20-35(9,10)11)21-24(17-16-18-26(29)30-8)34-37(14,15)28(5,6)7/h23-25H,17,19-22H2,1-15H3/t23-,24+,25-/m1/s1. The zero-order valence-corrected chi connectivity index (χ0v) is 29.7. The van der Waals surface area contributed by atoms with E-state index in [2.05, 4.69) is 106 Å². The third kappa shape index (κ3) is 14.5. The van der Waals surface area contributed by atoms with Gasteiger partial charge in [0.05, 0.1) is 25.4 Å². The number of hydrogen-bond donors (Lipinski definition) is 0. The second kappa shape index (κ2) is 14.8. The Kier molecular flexibility index (Phi) is 14.6. The zero-order chi connectivity index (χ0) is 29.3. The number of carbonyl (C=O) groups excluding carboxylic acids is 1. The normalized spacial score (nSPS) is 16.0. The second-order valence-corrected chi connectivity index (χ2v) is 29.5. The van der Waals surface area contributed by atoms with E-state index in [0.717, 1.165) is 6.04 Å². The van der Waals surface area contributed by atoms with Gasteiger partial charge in [-0.1, -0.05) is 67.1 Å². The fourth-order valence-electron chi connectivity index (χ4n) is 3.00. The molecule has 0 rings (SSSR count). The first-order chi connectivity index (χ1) is 16.5. The summed E-state index contributed by atoms with van der Waals surface area (Å²) in [5.41, 5.74) is 0. The largest absolute Gasteiger partial charge is 0.459 e. The fourth-order valence-corrected chi connectivity index (χ4v) is 6.56. The quantitative estimate of drug-likeness (QED) is 0.0536. The van der Waals surface area contributed by atoms with Gasteiger partial charge in [0.2, 0.25) is 0 Å². The first kappa shape index (κ1) is 36.5. The van der Waals surface area contributed by atoms with Crippen LogP contribution in [0.25, 0.3) is 0 Å². The number of esters is 1. The molecule has 0 spiro atoms. The van der Waals surface area contributed by atoms with E-state index >= 15 is 0 Å². The van der Waals surface area contributed by atoms with Crippen LogP contribution < -0.4 is 0 Å². The van der Waals surface area contributed by atoms with E-state index < -0.39 is 30.7 Å². The van der Waals surface area contributed by atoms with Gasteiger partial charge in [0.15, 0.2) is 16.6 Å². The Hall–Kier alpha value is -0.479. The number of carbonyl (C=O) groups is 1. The Morgan fingerprint density at radius 1 is 0.865 bits per heavy atom. The van der Waals surface area contributed by atoms with E-state index in [1.165, 1.54) is 7.11 Å². The number of hydrogen-bond acceptors (Lipinski definition) is 6. The predicted octanol–water partition coefficient (Wildman–Crippen LogP) is 7.44. The average molecular weight is 575 g/mol. The summed E-state index contributed by atoms with van der Waals surface area (Å²) in [6.45, 7) is 32.4. The monoisotopic (exact) mass is 574 g/mol. The van der Waals surface area contributed by atoms with E-state index in [9.17, 15) is 4.79 Å². The van der Waals surface area contributed by atoms with Crippen LogP contribution in [0.4, 0.5) is 0 Å². The summed E-state index contributed by atoms with van der Waals surface area (Å²) in [4.78, 5) is 11.6. The fraction of sp³-hybridized carbons (Fsp3) is 0.893. The molecule has 0 aromatic rings. The van der Waals surface area contributed by atoms with Crippen LogP contribution in [0.3, 0.4) is 0 Å². The van der Waals surface area contributed by atoms with Gasteiger partial charge >= 0.3 is 5.97 Å². The smallest absolute Gasteiger partial charge is 0.384 e. The van der Waals surface area contributed by atoms with Gasteiger partial charge in [-0.05, 0) is 49.2 Å². The minimum Gasteiger partial charge on any atom is -0.459 e. The van der Waals surface area contributed by atoms with Gasteiger partial charge in [0.25, 0.3) is 0 Å².